The highest BCUT2D eigenvalue weighted by molar-refractivity contribution is 5.89. The number of para-hydroxylation sites is 1. The molecule has 2 rings (SSSR count). The van der Waals surface area contributed by atoms with Crippen molar-refractivity contribution in [1.82, 2.24) is 4.90 Å². The van der Waals surface area contributed by atoms with E-state index in [-0.39, 0.29) is 11.7 Å². The van der Waals surface area contributed by atoms with Crippen LogP contribution in [0.1, 0.15) is 25.7 Å². The lowest BCUT2D eigenvalue weighted by atomic mass is 10.2. The summed E-state index contributed by atoms with van der Waals surface area (Å²) in [6, 6.07) is 6.04. The smallest absolute Gasteiger partial charge is 0.321 e. The summed E-state index contributed by atoms with van der Waals surface area (Å²) in [5.41, 5.74) is 0.252. The predicted octanol–water partition coefficient (Wildman–Crippen LogP) is 3.23. The van der Waals surface area contributed by atoms with Gasteiger partial charge in [0.25, 0.3) is 0 Å². The first-order chi connectivity index (χ1) is 8.27. The number of hydrogen-bond donors (Lipinski definition) is 1. The van der Waals surface area contributed by atoms with Crippen LogP contribution >= 0.6 is 0 Å². The van der Waals surface area contributed by atoms with Gasteiger partial charge >= 0.3 is 6.03 Å². The quantitative estimate of drug-likeness (QED) is 0.797. The second-order valence-corrected chi connectivity index (χ2v) is 4.31. The van der Waals surface area contributed by atoms with Crippen molar-refractivity contribution in [2.45, 2.75) is 25.7 Å². The molecule has 3 nitrogen and oxygen atoms in total. The zero-order valence-corrected chi connectivity index (χ0v) is 9.79. The Hall–Kier alpha value is -1.58. The molecule has 1 aliphatic heterocycles. The number of anilines is 1. The van der Waals surface area contributed by atoms with Crippen LogP contribution in [0, 0.1) is 5.82 Å². The number of benzene rings is 1. The maximum Gasteiger partial charge on any atom is 0.321 e. The van der Waals surface area contributed by atoms with E-state index in [9.17, 15) is 9.18 Å². The van der Waals surface area contributed by atoms with Crippen LogP contribution in [0.4, 0.5) is 14.9 Å². The van der Waals surface area contributed by atoms with E-state index in [4.69, 9.17) is 0 Å². The van der Waals surface area contributed by atoms with Crippen molar-refractivity contribution >= 4 is 11.7 Å². The lowest BCUT2D eigenvalue weighted by Gasteiger charge is -2.20. The topological polar surface area (TPSA) is 32.3 Å². The Labute approximate surface area is 101 Å². The summed E-state index contributed by atoms with van der Waals surface area (Å²) in [7, 11) is 0. The maximum atomic E-state index is 13.4. The van der Waals surface area contributed by atoms with Gasteiger partial charge in [0.05, 0.1) is 5.69 Å². The number of nitrogens with one attached hydrogen (secondary N) is 1. The van der Waals surface area contributed by atoms with E-state index in [1.54, 1.807) is 23.1 Å². The minimum Gasteiger partial charge on any atom is -0.325 e. The van der Waals surface area contributed by atoms with Gasteiger partial charge in [0, 0.05) is 13.1 Å². The van der Waals surface area contributed by atoms with Gasteiger partial charge in [-0.25, -0.2) is 9.18 Å². The van der Waals surface area contributed by atoms with Crippen molar-refractivity contribution in [1.29, 1.82) is 0 Å². The minimum absolute atomic E-state index is 0.197. The van der Waals surface area contributed by atoms with E-state index in [1.165, 1.54) is 18.9 Å². The van der Waals surface area contributed by atoms with Gasteiger partial charge in [-0.15, -0.1) is 0 Å². The number of urea groups is 1. The van der Waals surface area contributed by atoms with Gasteiger partial charge in [-0.2, -0.15) is 0 Å². The Balaban J connectivity index is 1.98. The maximum absolute atomic E-state index is 13.4. The molecule has 0 aromatic heterocycles. The molecule has 0 saturated carbocycles. The molecule has 0 spiro atoms. The third kappa shape index (κ3) is 3.19. The van der Waals surface area contributed by atoms with Crippen LogP contribution in [0.3, 0.4) is 0 Å². The first-order valence-electron chi connectivity index (χ1n) is 6.08. The lowest BCUT2D eigenvalue weighted by Crippen LogP contribution is -2.35. The number of carbonyl (C=O) groups is 1. The highest BCUT2D eigenvalue weighted by Gasteiger charge is 2.16. The van der Waals surface area contributed by atoms with Gasteiger partial charge in [-0.3, -0.25) is 0 Å². The standard InChI is InChI=1S/C13H17FN2O/c14-11-7-3-4-8-12(11)15-13(17)16-9-5-1-2-6-10-16/h3-4,7-8H,1-2,5-6,9-10H2,(H,15,17). The fourth-order valence-corrected chi connectivity index (χ4v) is 2.03. The summed E-state index contributed by atoms with van der Waals surface area (Å²) in [5.74, 6) is -0.393. The Morgan fingerprint density at radius 3 is 2.41 bits per heavy atom. The summed E-state index contributed by atoms with van der Waals surface area (Å²) in [4.78, 5) is 13.7. The summed E-state index contributed by atoms with van der Waals surface area (Å²) in [6.07, 6.45) is 4.41. The molecule has 0 aliphatic carbocycles. The van der Waals surface area contributed by atoms with Gasteiger partial charge in [-0.1, -0.05) is 25.0 Å². The molecule has 1 aromatic carbocycles. The summed E-state index contributed by atoms with van der Waals surface area (Å²) in [5, 5.41) is 2.62. The van der Waals surface area contributed by atoms with Crippen molar-refractivity contribution in [3.8, 4) is 0 Å². The predicted molar refractivity (Wildman–Crippen MR) is 65.5 cm³/mol. The Kier molecular flexibility index (Phi) is 3.96. The molecule has 1 aliphatic rings. The van der Waals surface area contributed by atoms with Crippen molar-refractivity contribution in [3.63, 3.8) is 0 Å². The molecule has 17 heavy (non-hydrogen) atoms. The first kappa shape index (κ1) is 11.9. The number of nitrogens with zero attached hydrogens (tertiary/aromatic N) is 1. The second-order valence-electron chi connectivity index (χ2n) is 4.31. The molecular weight excluding hydrogens is 219 g/mol. The van der Waals surface area contributed by atoms with Crippen molar-refractivity contribution in [3.05, 3.63) is 30.1 Å². The zero-order chi connectivity index (χ0) is 12.1. The van der Waals surface area contributed by atoms with Crippen molar-refractivity contribution < 1.29 is 9.18 Å². The number of hydrogen-bond acceptors (Lipinski definition) is 1. The SMILES string of the molecule is O=C(Nc1ccccc1F)N1CCCCCC1. The Bertz CT molecular complexity index is 387. The van der Waals surface area contributed by atoms with E-state index < -0.39 is 5.82 Å². The fourth-order valence-electron chi connectivity index (χ4n) is 2.03. The number of likely N-dealkylation sites (tertiary alicyclic amines) is 1. The number of carbonyl (C=O) groups excluding carboxylic acids is 1. The van der Waals surface area contributed by atoms with Gasteiger partial charge < -0.3 is 10.2 Å². The van der Waals surface area contributed by atoms with E-state index >= 15 is 0 Å². The minimum atomic E-state index is -0.393. The van der Waals surface area contributed by atoms with E-state index in [0.29, 0.717) is 0 Å². The molecule has 0 unspecified atom stereocenters. The fraction of sp³-hybridized carbons (Fsp3) is 0.462. The van der Waals surface area contributed by atoms with E-state index in [0.717, 1.165) is 25.9 Å². The van der Waals surface area contributed by atoms with Crippen LogP contribution in [0.2, 0.25) is 0 Å². The van der Waals surface area contributed by atoms with Crippen LogP contribution in [0.15, 0.2) is 24.3 Å². The third-order valence-electron chi connectivity index (χ3n) is 3.01. The normalized spacial score (nSPS) is 16.4. The molecular formula is C13H17FN2O. The summed E-state index contributed by atoms with van der Waals surface area (Å²) in [6.45, 7) is 1.53. The van der Waals surface area contributed by atoms with Gasteiger partial charge in [-0.05, 0) is 25.0 Å². The zero-order valence-electron chi connectivity index (χ0n) is 9.79. The van der Waals surface area contributed by atoms with Crippen molar-refractivity contribution in [2.75, 3.05) is 18.4 Å². The summed E-state index contributed by atoms with van der Waals surface area (Å²) >= 11 is 0. The third-order valence-corrected chi connectivity index (χ3v) is 3.01. The van der Waals surface area contributed by atoms with Gasteiger partial charge in [0.2, 0.25) is 0 Å². The summed E-state index contributed by atoms with van der Waals surface area (Å²) < 4.78 is 13.4. The van der Waals surface area contributed by atoms with Crippen LogP contribution in [0.5, 0.6) is 0 Å². The molecule has 4 heteroatoms. The second kappa shape index (κ2) is 5.66. The molecule has 0 atom stereocenters. The van der Waals surface area contributed by atoms with Crippen molar-refractivity contribution in [2.24, 2.45) is 0 Å². The molecule has 0 bridgehead atoms. The van der Waals surface area contributed by atoms with Gasteiger partial charge in [0.15, 0.2) is 0 Å². The van der Waals surface area contributed by atoms with Crippen LogP contribution in [-0.4, -0.2) is 24.0 Å². The van der Waals surface area contributed by atoms with E-state index in [2.05, 4.69) is 5.32 Å². The molecule has 92 valence electrons. The number of amides is 2. The number of halogens is 1. The molecule has 1 saturated heterocycles. The lowest BCUT2D eigenvalue weighted by molar-refractivity contribution is 0.213. The van der Waals surface area contributed by atoms with Crippen LogP contribution in [0.25, 0.3) is 0 Å². The van der Waals surface area contributed by atoms with Crippen LogP contribution < -0.4 is 5.32 Å². The molecule has 2 amide bonds. The van der Waals surface area contributed by atoms with E-state index in [1.807, 2.05) is 0 Å². The first-order valence-corrected chi connectivity index (χ1v) is 6.08. The highest BCUT2D eigenvalue weighted by atomic mass is 19.1. The molecule has 1 heterocycles. The molecule has 1 aromatic rings. The molecule has 0 radical (unpaired) electrons. The average molecular weight is 236 g/mol. The number of rotatable bonds is 1. The molecule has 1 N–H and O–H groups in total. The largest absolute Gasteiger partial charge is 0.325 e. The Morgan fingerprint density at radius 1 is 1.12 bits per heavy atom. The highest BCUT2D eigenvalue weighted by Crippen LogP contribution is 2.15. The monoisotopic (exact) mass is 236 g/mol. The van der Waals surface area contributed by atoms with Gasteiger partial charge in [0.1, 0.15) is 5.82 Å². The van der Waals surface area contributed by atoms with Crippen LogP contribution in [-0.2, 0) is 0 Å². The molecule has 1 fully saturated rings. The Morgan fingerprint density at radius 2 is 1.76 bits per heavy atom. The average Bonchev–Trinajstić information content (AvgIpc) is 2.61.